The summed E-state index contributed by atoms with van der Waals surface area (Å²) in [6.07, 6.45) is 20.2. The molecule has 1 unspecified atom stereocenters. The van der Waals surface area contributed by atoms with Crippen LogP contribution >= 0.6 is 0 Å². The number of carbonyl (C=O) groups is 1. The summed E-state index contributed by atoms with van der Waals surface area (Å²) < 4.78 is 5.53. The van der Waals surface area contributed by atoms with Gasteiger partial charge in [0.05, 0.1) is 0 Å². The second-order valence-electron chi connectivity index (χ2n) is 10.4. The Morgan fingerprint density at radius 1 is 0.900 bits per heavy atom. The summed E-state index contributed by atoms with van der Waals surface area (Å²) in [6, 6.07) is 0. The second-order valence-corrected chi connectivity index (χ2v) is 10.4. The number of hydrogen-bond donors (Lipinski definition) is 1. The molecule has 0 aromatic heterocycles. The molecule has 0 radical (unpaired) electrons. The van der Waals surface area contributed by atoms with E-state index in [4.69, 9.17) is 4.74 Å². The highest BCUT2D eigenvalue weighted by atomic mass is 16.6. The van der Waals surface area contributed by atoms with Gasteiger partial charge in [-0.25, -0.2) is 4.79 Å². The maximum absolute atomic E-state index is 12.3. The maximum atomic E-state index is 12.3. The number of nitrogens with one attached hydrogen (secondary N) is 1. The fourth-order valence-electron chi connectivity index (χ4n) is 4.32. The van der Waals surface area contributed by atoms with Crippen molar-refractivity contribution in [2.45, 2.75) is 130 Å². The molecule has 4 heteroatoms. The highest BCUT2D eigenvalue weighted by molar-refractivity contribution is 5.68. The van der Waals surface area contributed by atoms with E-state index >= 15 is 0 Å². The monoisotopic (exact) mass is 424 g/mol. The molecule has 178 valence electrons. The molecule has 1 aliphatic rings. The number of carbonyl (C=O) groups excluding carboxylic acids is 1. The molecule has 1 saturated heterocycles. The van der Waals surface area contributed by atoms with Crippen molar-refractivity contribution in [3.63, 3.8) is 0 Å². The lowest BCUT2D eigenvalue weighted by Gasteiger charge is -2.34. The van der Waals surface area contributed by atoms with E-state index < -0.39 is 5.60 Å². The fraction of sp³-hybridized carbons (Fsp3) is 0.962. The van der Waals surface area contributed by atoms with Crippen molar-refractivity contribution < 1.29 is 9.53 Å². The van der Waals surface area contributed by atoms with Gasteiger partial charge >= 0.3 is 6.09 Å². The van der Waals surface area contributed by atoms with E-state index in [1.165, 1.54) is 83.5 Å². The van der Waals surface area contributed by atoms with Crippen LogP contribution in [-0.2, 0) is 4.74 Å². The maximum Gasteiger partial charge on any atom is 0.410 e. The van der Waals surface area contributed by atoms with E-state index in [-0.39, 0.29) is 6.09 Å². The molecule has 1 atom stereocenters. The van der Waals surface area contributed by atoms with E-state index in [0.717, 1.165) is 39.0 Å². The minimum Gasteiger partial charge on any atom is -0.444 e. The Morgan fingerprint density at radius 3 is 2.03 bits per heavy atom. The highest BCUT2D eigenvalue weighted by Crippen LogP contribution is 2.21. The van der Waals surface area contributed by atoms with Crippen LogP contribution in [-0.4, -0.2) is 42.8 Å². The van der Waals surface area contributed by atoms with E-state index in [9.17, 15) is 4.79 Å². The molecule has 4 nitrogen and oxygen atoms in total. The third-order valence-corrected chi connectivity index (χ3v) is 6.11. The van der Waals surface area contributed by atoms with Gasteiger partial charge in [0, 0.05) is 13.1 Å². The van der Waals surface area contributed by atoms with E-state index in [1.807, 2.05) is 25.7 Å². The van der Waals surface area contributed by atoms with Crippen molar-refractivity contribution in [1.82, 2.24) is 10.2 Å². The van der Waals surface area contributed by atoms with Crippen LogP contribution in [0.2, 0.25) is 0 Å². The van der Waals surface area contributed by atoms with Gasteiger partial charge in [-0.1, -0.05) is 77.6 Å². The van der Waals surface area contributed by atoms with Gasteiger partial charge in [-0.3, -0.25) is 0 Å². The standard InChI is InChI=1S/C26H52N2O2/c1-5-6-7-8-9-10-11-12-13-14-15-16-20-27-21-19-24-18-17-22-28(23-24)25(29)30-26(2,3)4/h24,27H,5-23H2,1-4H3. The smallest absolute Gasteiger partial charge is 0.410 e. The van der Waals surface area contributed by atoms with Gasteiger partial charge in [0.25, 0.3) is 0 Å². The van der Waals surface area contributed by atoms with Crippen LogP contribution in [0.1, 0.15) is 124 Å². The van der Waals surface area contributed by atoms with Crippen molar-refractivity contribution in [3.8, 4) is 0 Å². The molecule has 0 saturated carbocycles. The lowest BCUT2D eigenvalue weighted by atomic mass is 9.95. The lowest BCUT2D eigenvalue weighted by molar-refractivity contribution is 0.0162. The molecular weight excluding hydrogens is 372 g/mol. The number of hydrogen-bond acceptors (Lipinski definition) is 3. The van der Waals surface area contributed by atoms with E-state index in [2.05, 4.69) is 12.2 Å². The summed E-state index contributed by atoms with van der Waals surface area (Å²) >= 11 is 0. The van der Waals surface area contributed by atoms with Crippen LogP contribution in [0.25, 0.3) is 0 Å². The number of rotatable bonds is 16. The quantitative estimate of drug-likeness (QED) is 0.264. The van der Waals surface area contributed by atoms with Crippen LogP contribution < -0.4 is 5.32 Å². The third-order valence-electron chi connectivity index (χ3n) is 6.11. The lowest BCUT2D eigenvalue weighted by Crippen LogP contribution is -2.43. The first-order valence-corrected chi connectivity index (χ1v) is 13.1. The van der Waals surface area contributed by atoms with Crippen molar-refractivity contribution >= 4 is 6.09 Å². The summed E-state index contributed by atoms with van der Waals surface area (Å²) in [7, 11) is 0. The molecule has 0 aliphatic carbocycles. The minimum atomic E-state index is -0.403. The van der Waals surface area contributed by atoms with Gasteiger partial charge in [-0.05, 0) is 65.5 Å². The fourth-order valence-corrected chi connectivity index (χ4v) is 4.32. The molecule has 0 bridgehead atoms. The number of ether oxygens (including phenoxy) is 1. The number of piperidine rings is 1. The first-order valence-electron chi connectivity index (χ1n) is 13.1. The summed E-state index contributed by atoms with van der Waals surface area (Å²) in [5, 5.41) is 3.62. The summed E-state index contributed by atoms with van der Waals surface area (Å²) in [4.78, 5) is 14.2. The SMILES string of the molecule is CCCCCCCCCCCCCCNCCC1CCCN(C(=O)OC(C)(C)C)C1. The Hall–Kier alpha value is -0.770. The number of likely N-dealkylation sites (tertiary alicyclic amines) is 1. The first-order chi connectivity index (χ1) is 14.4. The van der Waals surface area contributed by atoms with Gasteiger partial charge in [-0.2, -0.15) is 0 Å². The second kappa shape index (κ2) is 16.9. The van der Waals surface area contributed by atoms with Gasteiger partial charge in [0.15, 0.2) is 0 Å². The zero-order chi connectivity index (χ0) is 22.1. The predicted octanol–water partition coefficient (Wildman–Crippen LogP) is 7.31. The van der Waals surface area contributed by atoms with Crippen molar-refractivity contribution in [2.75, 3.05) is 26.2 Å². The normalized spacial score (nSPS) is 17.3. The Balaban J connectivity index is 1.90. The number of nitrogens with zero attached hydrogens (tertiary/aromatic N) is 1. The highest BCUT2D eigenvalue weighted by Gasteiger charge is 2.27. The molecule has 1 rings (SSSR count). The van der Waals surface area contributed by atoms with Crippen LogP contribution in [0.5, 0.6) is 0 Å². The van der Waals surface area contributed by atoms with Crippen LogP contribution in [0.4, 0.5) is 4.79 Å². The van der Waals surface area contributed by atoms with E-state index in [0.29, 0.717) is 5.92 Å². The average molecular weight is 425 g/mol. The Labute approximate surface area is 187 Å². The molecule has 0 aromatic carbocycles. The van der Waals surface area contributed by atoms with Gasteiger partial charge in [0.1, 0.15) is 5.60 Å². The largest absolute Gasteiger partial charge is 0.444 e. The molecule has 0 aromatic rings. The molecule has 1 N–H and O–H groups in total. The molecule has 1 fully saturated rings. The summed E-state index contributed by atoms with van der Waals surface area (Å²) in [5.74, 6) is 0.612. The van der Waals surface area contributed by atoms with Crippen LogP contribution in [0.15, 0.2) is 0 Å². The first kappa shape index (κ1) is 27.3. The van der Waals surface area contributed by atoms with Gasteiger partial charge in [0.2, 0.25) is 0 Å². The third kappa shape index (κ3) is 15.1. The Bertz CT molecular complexity index is 420. The average Bonchev–Trinajstić information content (AvgIpc) is 2.70. The van der Waals surface area contributed by atoms with Crippen LogP contribution in [0.3, 0.4) is 0 Å². The Kier molecular flexibility index (Phi) is 15.3. The van der Waals surface area contributed by atoms with E-state index in [1.54, 1.807) is 0 Å². The van der Waals surface area contributed by atoms with Crippen molar-refractivity contribution in [3.05, 3.63) is 0 Å². The molecule has 0 spiro atoms. The predicted molar refractivity (Wildman–Crippen MR) is 129 cm³/mol. The van der Waals surface area contributed by atoms with Gasteiger partial charge in [-0.15, -0.1) is 0 Å². The van der Waals surface area contributed by atoms with Crippen molar-refractivity contribution in [2.24, 2.45) is 5.92 Å². The molecule has 1 amide bonds. The minimum absolute atomic E-state index is 0.142. The summed E-state index contributed by atoms with van der Waals surface area (Å²) in [6.45, 7) is 12.0. The number of unbranched alkanes of at least 4 members (excludes halogenated alkanes) is 11. The zero-order valence-corrected chi connectivity index (χ0v) is 20.8. The summed E-state index contributed by atoms with van der Waals surface area (Å²) in [5.41, 5.74) is -0.403. The van der Waals surface area contributed by atoms with Gasteiger partial charge < -0.3 is 15.0 Å². The van der Waals surface area contributed by atoms with Crippen LogP contribution in [0, 0.1) is 5.92 Å². The zero-order valence-electron chi connectivity index (χ0n) is 20.8. The molecule has 1 aliphatic heterocycles. The number of amides is 1. The molecular formula is C26H52N2O2. The molecule has 1 heterocycles. The topological polar surface area (TPSA) is 41.6 Å². The van der Waals surface area contributed by atoms with Crippen molar-refractivity contribution in [1.29, 1.82) is 0 Å². The molecule has 30 heavy (non-hydrogen) atoms. The Morgan fingerprint density at radius 2 is 1.47 bits per heavy atom.